The molecule has 0 N–H and O–H groups in total. The Morgan fingerprint density at radius 2 is 1.89 bits per heavy atom. The van der Waals surface area contributed by atoms with Crippen molar-refractivity contribution in [3.05, 3.63) is 34.3 Å². The van der Waals surface area contributed by atoms with Crippen molar-refractivity contribution in [2.24, 2.45) is 11.3 Å². The fourth-order valence-corrected chi connectivity index (χ4v) is 2.80. The highest BCUT2D eigenvalue weighted by Gasteiger charge is 2.46. The molecule has 1 aliphatic rings. The van der Waals surface area contributed by atoms with Crippen molar-refractivity contribution in [3.8, 4) is 0 Å². The van der Waals surface area contributed by atoms with Crippen LogP contribution >= 0.6 is 15.9 Å². The summed E-state index contributed by atoms with van der Waals surface area (Å²) < 4.78 is 0.615. The summed E-state index contributed by atoms with van der Waals surface area (Å²) in [5.41, 5.74) is -0.206. The van der Waals surface area contributed by atoms with Crippen LogP contribution in [0, 0.1) is 11.3 Å². The van der Waals surface area contributed by atoms with Gasteiger partial charge in [-0.1, -0.05) is 48.0 Å². The molecule has 1 aromatic rings. The summed E-state index contributed by atoms with van der Waals surface area (Å²) in [6, 6.07) is 6.88. The molecular formula is C15H15BrO3. The maximum Gasteiger partial charge on any atom is 0.181 e. The lowest BCUT2D eigenvalue weighted by Gasteiger charge is -2.31. The first-order chi connectivity index (χ1) is 8.84. The van der Waals surface area contributed by atoms with Crippen LogP contribution in [0.5, 0.6) is 0 Å². The topological polar surface area (TPSA) is 51.2 Å². The van der Waals surface area contributed by atoms with Crippen LogP contribution in [0.2, 0.25) is 0 Å². The fourth-order valence-electron chi connectivity index (χ4n) is 2.32. The van der Waals surface area contributed by atoms with Gasteiger partial charge in [-0.05, 0) is 12.5 Å². The summed E-state index contributed by atoms with van der Waals surface area (Å²) in [4.78, 5) is 36.7. The molecule has 19 heavy (non-hydrogen) atoms. The van der Waals surface area contributed by atoms with E-state index in [0.29, 0.717) is 22.9 Å². The second-order valence-corrected chi connectivity index (χ2v) is 6.35. The lowest BCUT2D eigenvalue weighted by atomic mass is 9.68. The van der Waals surface area contributed by atoms with Gasteiger partial charge in [-0.25, -0.2) is 0 Å². The Hall–Kier alpha value is -1.29. The molecule has 2 rings (SSSR count). The molecule has 0 bridgehead atoms. The van der Waals surface area contributed by atoms with Crippen LogP contribution < -0.4 is 0 Å². The number of Topliss-reactive ketones (excluding diaryl/α,β-unsaturated/α-hetero) is 3. The van der Waals surface area contributed by atoms with E-state index in [2.05, 4.69) is 15.9 Å². The highest BCUT2D eigenvalue weighted by atomic mass is 79.9. The van der Waals surface area contributed by atoms with Gasteiger partial charge in [0.1, 0.15) is 5.92 Å². The van der Waals surface area contributed by atoms with Crippen LogP contribution in [-0.2, 0) is 9.59 Å². The minimum Gasteiger partial charge on any atom is -0.298 e. The van der Waals surface area contributed by atoms with Gasteiger partial charge in [-0.2, -0.15) is 0 Å². The van der Waals surface area contributed by atoms with E-state index in [-0.39, 0.29) is 11.6 Å². The zero-order valence-corrected chi connectivity index (χ0v) is 12.5. The average Bonchev–Trinajstić information content (AvgIpc) is 2.35. The molecule has 0 spiro atoms. The maximum absolute atomic E-state index is 12.5. The van der Waals surface area contributed by atoms with Gasteiger partial charge >= 0.3 is 0 Å². The molecule has 100 valence electrons. The summed E-state index contributed by atoms with van der Waals surface area (Å²) in [6.45, 7) is 3.59. The molecule has 0 aromatic heterocycles. The summed E-state index contributed by atoms with van der Waals surface area (Å²) in [5, 5.41) is 0. The van der Waals surface area contributed by atoms with E-state index in [4.69, 9.17) is 0 Å². The smallest absolute Gasteiger partial charge is 0.181 e. The molecule has 1 aromatic carbocycles. The molecular weight excluding hydrogens is 308 g/mol. The van der Waals surface area contributed by atoms with Crippen LogP contribution in [0.15, 0.2) is 28.7 Å². The van der Waals surface area contributed by atoms with Gasteiger partial charge in [-0.3, -0.25) is 14.4 Å². The molecule has 1 atom stereocenters. The molecule has 1 fully saturated rings. The number of hydrogen-bond acceptors (Lipinski definition) is 3. The number of halogens is 1. The highest BCUT2D eigenvalue weighted by molar-refractivity contribution is 9.10. The second kappa shape index (κ2) is 5.00. The quantitative estimate of drug-likeness (QED) is 0.620. The summed E-state index contributed by atoms with van der Waals surface area (Å²) in [7, 11) is 0. The SMILES string of the molecule is CC1(C)CCC(=O)C(C(=O)c2ccccc2Br)C1=O. The van der Waals surface area contributed by atoms with Crippen LogP contribution in [0.1, 0.15) is 37.0 Å². The third-order valence-electron chi connectivity index (χ3n) is 3.65. The standard InChI is InChI=1S/C15H15BrO3/c1-15(2)8-7-11(17)12(14(15)19)13(18)9-5-3-4-6-10(9)16/h3-6,12H,7-8H2,1-2H3. The predicted molar refractivity (Wildman–Crippen MR) is 75.0 cm³/mol. The summed E-state index contributed by atoms with van der Waals surface area (Å²) in [6.07, 6.45) is 0.810. The van der Waals surface area contributed by atoms with Crippen LogP contribution in [0.3, 0.4) is 0 Å². The van der Waals surface area contributed by atoms with E-state index in [9.17, 15) is 14.4 Å². The number of rotatable bonds is 2. The Bertz CT molecular complexity index is 560. The van der Waals surface area contributed by atoms with Crippen molar-refractivity contribution in [1.29, 1.82) is 0 Å². The second-order valence-electron chi connectivity index (χ2n) is 5.49. The molecule has 4 heteroatoms. The molecule has 0 aliphatic heterocycles. The van der Waals surface area contributed by atoms with E-state index in [1.807, 2.05) is 0 Å². The third kappa shape index (κ3) is 2.54. The van der Waals surface area contributed by atoms with Gasteiger partial charge in [0.25, 0.3) is 0 Å². The Morgan fingerprint density at radius 1 is 1.26 bits per heavy atom. The first-order valence-electron chi connectivity index (χ1n) is 6.20. The molecule has 0 heterocycles. The number of carbonyl (C=O) groups is 3. The van der Waals surface area contributed by atoms with Crippen molar-refractivity contribution in [2.75, 3.05) is 0 Å². The fraction of sp³-hybridized carbons (Fsp3) is 0.400. The maximum atomic E-state index is 12.5. The van der Waals surface area contributed by atoms with Crippen LogP contribution in [0.4, 0.5) is 0 Å². The monoisotopic (exact) mass is 322 g/mol. The van der Waals surface area contributed by atoms with Gasteiger partial charge in [0.2, 0.25) is 0 Å². The number of benzene rings is 1. The zero-order valence-electron chi connectivity index (χ0n) is 10.9. The molecule has 1 aliphatic carbocycles. The Balaban J connectivity index is 2.40. The molecule has 0 amide bonds. The van der Waals surface area contributed by atoms with Crippen molar-refractivity contribution < 1.29 is 14.4 Å². The first-order valence-corrected chi connectivity index (χ1v) is 6.99. The van der Waals surface area contributed by atoms with E-state index < -0.39 is 17.1 Å². The predicted octanol–water partition coefficient (Wildman–Crippen LogP) is 3.21. The molecule has 1 saturated carbocycles. The lowest BCUT2D eigenvalue weighted by Crippen LogP contribution is -2.44. The molecule has 0 radical (unpaired) electrons. The number of ketones is 3. The van der Waals surface area contributed by atoms with Crippen molar-refractivity contribution in [1.82, 2.24) is 0 Å². The first kappa shape index (κ1) is 14.1. The van der Waals surface area contributed by atoms with Crippen molar-refractivity contribution in [2.45, 2.75) is 26.7 Å². The Kier molecular flexibility index (Phi) is 3.72. The summed E-state index contributed by atoms with van der Waals surface area (Å²) >= 11 is 3.29. The van der Waals surface area contributed by atoms with E-state index >= 15 is 0 Å². The Labute approximate surface area is 120 Å². The molecule has 0 saturated heterocycles. The van der Waals surface area contributed by atoms with Crippen molar-refractivity contribution in [3.63, 3.8) is 0 Å². The highest BCUT2D eigenvalue weighted by Crippen LogP contribution is 2.35. The number of hydrogen-bond donors (Lipinski definition) is 0. The van der Waals surface area contributed by atoms with Gasteiger partial charge in [0, 0.05) is 21.9 Å². The minimum absolute atomic E-state index is 0.259. The molecule has 3 nitrogen and oxygen atoms in total. The average molecular weight is 323 g/mol. The van der Waals surface area contributed by atoms with E-state index in [0.717, 1.165) is 0 Å². The van der Waals surface area contributed by atoms with Gasteiger partial charge in [0.15, 0.2) is 17.3 Å². The van der Waals surface area contributed by atoms with E-state index in [1.165, 1.54) is 0 Å². The van der Waals surface area contributed by atoms with Crippen LogP contribution in [-0.4, -0.2) is 17.3 Å². The third-order valence-corrected chi connectivity index (χ3v) is 4.34. The lowest BCUT2D eigenvalue weighted by molar-refractivity contribution is -0.140. The Morgan fingerprint density at radius 3 is 2.53 bits per heavy atom. The van der Waals surface area contributed by atoms with E-state index in [1.54, 1.807) is 38.1 Å². The molecule has 1 unspecified atom stereocenters. The zero-order chi connectivity index (χ0) is 14.2. The normalized spacial score (nSPS) is 22.4. The van der Waals surface area contributed by atoms with Gasteiger partial charge < -0.3 is 0 Å². The minimum atomic E-state index is -1.14. The van der Waals surface area contributed by atoms with Crippen LogP contribution in [0.25, 0.3) is 0 Å². The van der Waals surface area contributed by atoms with Gasteiger partial charge in [-0.15, -0.1) is 0 Å². The summed E-state index contributed by atoms with van der Waals surface area (Å²) in [5.74, 6) is -2.05. The van der Waals surface area contributed by atoms with Gasteiger partial charge in [0.05, 0.1) is 0 Å². The van der Waals surface area contributed by atoms with Crippen molar-refractivity contribution >= 4 is 33.3 Å². The largest absolute Gasteiger partial charge is 0.298 e. The number of carbonyl (C=O) groups excluding carboxylic acids is 3.